The Bertz CT molecular complexity index is 951. The summed E-state index contributed by atoms with van der Waals surface area (Å²) < 4.78 is 44.9. The number of benzene rings is 1. The number of aromatic hydroxyl groups is 1. The molecule has 3 rings (SSSR count). The van der Waals surface area contributed by atoms with E-state index in [4.69, 9.17) is 4.74 Å². The second kappa shape index (κ2) is 7.53. The molecule has 0 saturated carbocycles. The van der Waals surface area contributed by atoms with Gasteiger partial charge in [0.2, 0.25) is 0 Å². The zero-order valence-electron chi connectivity index (χ0n) is 14.1. The van der Waals surface area contributed by atoms with Crippen molar-refractivity contribution in [2.24, 2.45) is 0 Å². The molecule has 27 heavy (non-hydrogen) atoms. The van der Waals surface area contributed by atoms with Crippen LogP contribution in [0.15, 0.2) is 55.4 Å². The highest BCUT2D eigenvalue weighted by atomic mass is 19.4. The van der Waals surface area contributed by atoms with Gasteiger partial charge in [-0.25, -0.2) is 0 Å². The molecule has 0 atom stereocenters. The van der Waals surface area contributed by atoms with E-state index in [-0.39, 0.29) is 18.1 Å². The van der Waals surface area contributed by atoms with Crippen molar-refractivity contribution < 1.29 is 23.0 Å². The van der Waals surface area contributed by atoms with Gasteiger partial charge in [-0.2, -0.15) is 18.3 Å². The van der Waals surface area contributed by atoms with Gasteiger partial charge in [0.25, 0.3) is 0 Å². The third-order valence-electron chi connectivity index (χ3n) is 3.81. The van der Waals surface area contributed by atoms with E-state index in [9.17, 15) is 18.3 Å². The van der Waals surface area contributed by atoms with Crippen LogP contribution >= 0.6 is 0 Å². The lowest BCUT2D eigenvalue weighted by molar-refractivity contribution is -0.142. The molecule has 0 fully saturated rings. The average Bonchev–Trinajstić information content (AvgIpc) is 3.06. The lowest BCUT2D eigenvalue weighted by atomic mass is 10.1. The Labute approximate surface area is 153 Å². The number of pyridine rings is 1. The van der Waals surface area contributed by atoms with Gasteiger partial charge in [-0.3, -0.25) is 9.67 Å². The van der Waals surface area contributed by atoms with Crippen molar-refractivity contribution in [3.05, 3.63) is 66.5 Å². The van der Waals surface area contributed by atoms with Crippen LogP contribution in [0.4, 0.5) is 13.2 Å². The Morgan fingerprint density at radius 2 is 1.96 bits per heavy atom. The van der Waals surface area contributed by atoms with Crippen molar-refractivity contribution in [3.8, 4) is 22.9 Å². The summed E-state index contributed by atoms with van der Waals surface area (Å²) in [6.07, 6.45) is -0.140. The fraction of sp³-hybridized carbons (Fsp3) is 0.158. The van der Waals surface area contributed by atoms with Gasteiger partial charge in [0.1, 0.15) is 24.7 Å². The lowest BCUT2D eigenvalue weighted by Crippen LogP contribution is -2.19. The smallest absolute Gasteiger partial charge is 0.408 e. The minimum atomic E-state index is -4.40. The molecule has 0 aliphatic heterocycles. The van der Waals surface area contributed by atoms with Crippen molar-refractivity contribution in [1.29, 1.82) is 0 Å². The predicted octanol–water partition coefficient (Wildman–Crippen LogP) is 4.44. The number of phenolic OH excluding ortho intramolecular Hbond substituents is 1. The maximum Gasteiger partial charge on any atom is 0.408 e. The molecule has 3 aromatic rings. The van der Waals surface area contributed by atoms with Crippen LogP contribution < -0.4 is 4.74 Å². The summed E-state index contributed by atoms with van der Waals surface area (Å²) in [6, 6.07) is 9.66. The predicted molar refractivity (Wildman–Crippen MR) is 94.0 cm³/mol. The molecule has 8 heteroatoms. The Morgan fingerprint density at radius 1 is 1.15 bits per heavy atom. The molecule has 0 spiro atoms. The van der Waals surface area contributed by atoms with Crippen LogP contribution in [0.2, 0.25) is 0 Å². The first-order chi connectivity index (χ1) is 12.9. The SMILES string of the molecule is C=Cc1c(O)cccc1OCc1cccnc1-c1ccnn1CC(F)(F)F. The maximum absolute atomic E-state index is 12.8. The summed E-state index contributed by atoms with van der Waals surface area (Å²) in [5.41, 5.74) is 1.61. The average molecular weight is 375 g/mol. The summed E-state index contributed by atoms with van der Waals surface area (Å²) in [7, 11) is 0. The molecule has 1 aromatic carbocycles. The summed E-state index contributed by atoms with van der Waals surface area (Å²) in [5, 5.41) is 13.6. The molecule has 0 aliphatic rings. The molecule has 0 radical (unpaired) electrons. The largest absolute Gasteiger partial charge is 0.507 e. The summed E-state index contributed by atoms with van der Waals surface area (Å²) >= 11 is 0. The summed E-state index contributed by atoms with van der Waals surface area (Å²) in [4.78, 5) is 4.21. The highest BCUT2D eigenvalue weighted by Gasteiger charge is 2.30. The number of hydrogen-bond acceptors (Lipinski definition) is 4. The molecule has 0 saturated heterocycles. The number of rotatable bonds is 6. The second-order valence-corrected chi connectivity index (χ2v) is 5.68. The van der Waals surface area contributed by atoms with Gasteiger partial charge < -0.3 is 9.84 Å². The first-order valence-electron chi connectivity index (χ1n) is 7.99. The standard InChI is InChI=1S/C19H16F3N3O2/c1-2-14-16(26)6-3-7-17(14)27-11-13-5-4-9-23-18(13)15-8-10-24-25(15)12-19(20,21)22/h2-10,26H,1,11-12H2. The van der Waals surface area contributed by atoms with Gasteiger partial charge in [0, 0.05) is 18.0 Å². The van der Waals surface area contributed by atoms with Crippen LogP contribution in [-0.2, 0) is 13.2 Å². The monoisotopic (exact) mass is 375 g/mol. The van der Waals surface area contributed by atoms with Crippen LogP contribution in [0.3, 0.4) is 0 Å². The molecule has 0 bridgehead atoms. The maximum atomic E-state index is 12.8. The quantitative estimate of drug-likeness (QED) is 0.692. The van der Waals surface area contributed by atoms with E-state index < -0.39 is 12.7 Å². The number of phenols is 1. The van der Waals surface area contributed by atoms with E-state index in [1.54, 1.807) is 24.3 Å². The van der Waals surface area contributed by atoms with Crippen LogP contribution in [0.1, 0.15) is 11.1 Å². The number of nitrogens with zero attached hydrogens (tertiary/aromatic N) is 3. The minimum Gasteiger partial charge on any atom is -0.507 e. The summed E-state index contributed by atoms with van der Waals surface area (Å²) in [5.74, 6) is 0.431. The van der Waals surface area contributed by atoms with Crippen molar-refractivity contribution >= 4 is 6.08 Å². The molecular formula is C19H16F3N3O2. The van der Waals surface area contributed by atoms with E-state index in [1.807, 2.05) is 0 Å². The molecule has 2 aromatic heterocycles. The van der Waals surface area contributed by atoms with E-state index >= 15 is 0 Å². The van der Waals surface area contributed by atoms with Gasteiger partial charge in [-0.1, -0.05) is 24.8 Å². The van der Waals surface area contributed by atoms with Crippen molar-refractivity contribution in [1.82, 2.24) is 14.8 Å². The van der Waals surface area contributed by atoms with Crippen LogP contribution in [0, 0.1) is 0 Å². The van der Waals surface area contributed by atoms with Crippen LogP contribution in [0.5, 0.6) is 11.5 Å². The molecular weight excluding hydrogens is 359 g/mol. The highest BCUT2D eigenvalue weighted by molar-refractivity contribution is 5.63. The number of halogens is 3. The molecule has 2 heterocycles. The number of aromatic nitrogens is 3. The van der Waals surface area contributed by atoms with Crippen LogP contribution in [-0.4, -0.2) is 26.0 Å². The van der Waals surface area contributed by atoms with Crippen molar-refractivity contribution in [2.75, 3.05) is 0 Å². The molecule has 0 amide bonds. The van der Waals surface area contributed by atoms with E-state index in [1.165, 1.54) is 30.6 Å². The normalized spacial score (nSPS) is 11.4. The van der Waals surface area contributed by atoms with Crippen LogP contribution in [0.25, 0.3) is 17.5 Å². The fourth-order valence-electron chi connectivity index (χ4n) is 2.63. The Balaban J connectivity index is 1.89. The van der Waals surface area contributed by atoms with Gasteiger partial charge >= 0.3 is 6.18 Å². The minimum absolute atomic E-state index is 0.0252. The molecule has 1 N–H and O–H groups in total. The van der Waals surface area contributed by atoms with E-state index in [0.717, 1.165) is 4.68 Å². The van der Waals surface area contributed by atoms with Gasteiger partial charge in [-0.15, -0.1) is 0 Å². The third-order valence-corrected chi connectivity index (χ3v) is 3.81. The lowest BCUT2D eigenvalue weighted by Gasteiger charge is -2.14. The molecule has 5 nitrogen and oxygen atoms in total. The first kappa shape index (κ1) is 18.5. The molecule has 0 aliphatic carbocycles. The highest BCUT2D eigenvalue weighted by Crippen LogP contribution is 2.30. The third kappa shape index (κ3) is 4.28. The topological polar surface area (TPSA) is 60.2 Å². The fourth-order valence-corrected chi connectivity index (χ4v) is 2.63. The zero-order valence-corrected chi connectivity index (χ0v) is 14.1. The van der Waals surface area contributed by atoms with E-state index in [0.29, 0.717) is 22.6 Å². The molecule has 0 unspecified atom stereocenters. The van der Waals surface area contributed by atoms with Crippen molar-refractivity contribution in [2.45, 2.75) is 19.3 Å². The number of alkyl halides is 3. The first-order valence-corrected chi connectivity index (χ1v) is 7.99. The Kier molecular flexibility index (Phi) is 5.16. The van der Waals surface area contributed by atoms with E-state index in [2.05, 4.69) is 16.7 Å². The number of hydrogen-bond donors (Lipinski definition) is 1. The zero-order chi connectivity index (χ0) is 19.4. The number of ether oxygens (including phenoxy) is 1. The van der Waals surface area contributed by atoms with Gasteiger partial charge in [0.05, 0.1) is 17.0 Å². The Hall–Kier alpha value is -3.29. The van der Waals surface area contributed by atoms with Gasteiger partial charge in [-0.05, 0) is 24.3 Å². The Morgan fingerprint density at radius 3 is 2.70 bits per heavy atom. The summed E-state index contributed by atoms with van der Waals surface area (Å²) in [6.45, 7) is 2.48. The van der Waals surface area contributed by atoms with Crippen molar-refractivity contribution in [3.63, 3.8) is 0 Å². The van der Waals surface area contributed by atoms with Gasteiger partial charge in [0.15, 0.2) is 0 Å². The second-order valence-electron chi connectivity index (χ2n) is 5.68. The molecule has 140 valence electrons.